The number of rotatable bonds is 1. The van der Waals surface area contributed by atoms with E-state index in [2.05, 4.69) is 30.2 Å². The predicted molar refractivity (Wildman–Crippen MR) is 103 cm³/mol. The van der Waals surface area contributed by atoms with Gasteiger partial charge in [-0.3, -0.25) is 9.59 Å². The van der Waals surface area contributed by atoms with E-state index in [-0.39, 0.29) is 16.8 Å². The summed E-state index contributed by atoms with van der Waals surface area (Å²) in [5.74, 6) is 0.950. The highest BCUT2D eigenvalue weighted by Gasteiger charge is 2.37. The first-order valence-electron chi connectivity index (χ1n) is 8.69. The second-order valence-electron chi connectivity index (χ2n) is 8.11. The van der Waals surface area contributed by atoms with Crippen LogP contribution in [0.3, 0.4) is 0 Å². The van der Waals surface area contributed by atoms with Crippen LogP contribution >= 0.6 is 11.3 Å². The Morgan fingerprint density at radius 1 is 1.19 bits per heavy atom. The number of carbonyl (C=O) groups excluding carboxylic acids is 1. The number of fused-ring (bicyclic) bond motifs is 1. The molecule has 2 aromatic rings. The van der Waals surface area contributed by atoms with Crippen LogP contribution < -0.4 is 24.8 Å². The lowest BCUT2D eigenvalue weighted by Crippen LogP contribution is -2.38. The van der Waals surface area contributed by atoms with Crippen LogP contribution in [0, 0.1) is 0 Å². The van der Waals surface area contributed by atoms with Gasteiger partial charge >= 0.3 is 0 Å². The molecule has 4 rings (SSSR count). The van der Waals surface area contributed by atoms with Gasteiger partial charge in [-0.2, -0.15) is 0 Å². The van der Waals surface area contributed by atoms with Crippen molar-refractivity contribution in [3.05, 3.63) is 48.9 Å². The maximum absolute atomic E-state index is 12.5. The molecular weight excluding hydrogens is 348 g/mol. The number of hydrogen-bond donors (Lipinski definition) is 2. The van der Waals surface area contributed by atoms with Gasteiger partial charge in [0.2, 0.25) is 0 Å². The fourth-order valence-electron chi connectivity index (χ4n) is 3.39. The number of Topliss-reactive ketones (excluding diaryl/α,β-unsaturated/α-hetero) is 1. The number of benzene rings is 1. The van der Waals surface area contributed by atoms with E-state index >= 15 is 0 Å². The van der Waals surface area contributed by atoms with Crippen LogP contribution in [-0.2, 0) is 10.2 Å². The fraction of sp³-hybridized carbons (Fsp3) is 0.400. The number of ketones is 1. The van der Waals surface area contributed by atoms with Crippen molar-refractivity contribution in [3.8, 4) is 5.75 Å². The molecule has 0 radical (unpaired) electrons. The molecule has 0 saturated carbocycles. The molecule has 6 heteroatoms. The normalized spacial score (nSPS) is 23.2. The number of H-pyrrole nitrogens is 1. The van der Waals surface area contributed by atoms with Gasteiger partial charge in [0.15, 0.2) is 5.78 Å². The maximum Gasteiger partial charge on any atom is 0.266 e. The van der Waals surface area contributed by atoms with Crippen molar-refractivity contribution >= 4 is 28.8 Å². The van der Waals surface area contributed by atoms with Gasteiger partial charge in [0.05, 0.1) is 16.7 Å². The van der Waals surface area contributed by atoms with E-state index in [0.717, 1.165) is 16.9 Å². The summed E-state index contributed by atoms with van der Waals surface area (Å²) in [6.07, 6.45) is 1.88. The SMILES string of the molecule is CC1(C)NC/C(=c2/[nH]c(=O)/c(=C/c3ccc4c(c3)C(C)(C)CO4)s2)C1=O. The molecule has 136 valence electrons. The van der Waals surface area contributed by atoms with Crippen LogP contribution in [0.5, 0.6) is 5.75 Å². The Labute approximate surface area is 155 Å². The number of thiazole rings is 1. The van der Waals surface area contributed by atoms with Crippen molar-refractivity contribution in [2.75, 3.05) is 13.2 Å². The average Bonchev–Trinajstić information content (AvgIpc) is 3.16. The monoisotopic (exact) mass is 370 g/mol. The Morgan fingerprint density at radius 2 is 1.96 bits per heavy atom. The quantitative estimate of drug-likeness (QED) is 0.787. The van der Waals surface area contributed by atoms with E-state index < -0.39 is 5.54 Å². The highest BCUT2D eigenvalue weighted by atomic mass is 32.1. The first kappa shape index (κ1) is 17.2. The van der Waals surface area contributed by atoms with Crippen molar-refractivity contribution in [1.29, 1.82) is 0 Å². The summed E-state index contributed by atoms with van der Waals surface area (Å²) < 4.78 is 6.96. The van der Waals surface area contributed by atoms with Crippen LogP contribution in [0.4, 0.5) is 0 Å². The first-order valence-corrected chi connectivity index (χ1v) is 9.50. The van der Waals surface area contributed by atoms with E-state index in [1.165, 1.54) is 11.3 Å². The molecule has 1 aromatic carbocycles. The standard InChI is InChI=1S/C20H22N2O3S/c1-19(2)10-25-14-6-5-11(7-13(14)19)8-15-17(24)22-18(26-15)12-9-21-20(3,4)16(12)23/h5-8,21H,9-10H2,1-4H3,(H,22,24)/b15-8-,18-12+. The smallest absolute Gasteiger partial charge is 0.266 e. The Bertz CT molecular complexity index is 1090. The van der Waals surface area contributed by atoms with Crippen molar-refractivity contribution < 1.29 is 9.53 Å². The van der Waals surface area contributed by atoms with Gasteiger partial charge in [-0.1, -0.05) is 19.9 Å². The van der Waals surface area contributed by atoms with Crippen molar-refractivity contribution in [2.45, 2.75) is 38.6 Å². The van der Waals surface area contributed by atoms with Crippen LogP contribution in [0.15, 0.2) is 23.0 Å². The summed E-state index contributed by atoms with van der Waals surface area (Å²) >= 11 is 1.34. The molecule has 0 amide bonds. The zero-order chi connectivity index (χ0) is 18.7. The highest BCUT2D eigenvalue weighted by molar-refractivity contribution is 7.07. The third-order valence-electron chi connectivity index (χ3n) is 5.10. The predicted octanol–water partition coefficient (Wildman–Crippen LogP) is 1.04. The van der Waals surface area contributed by atoms with Crippen LogP contribution in [0.25, 0.3) is 11.6 Å². The number of aromatic amines is 1. The third kappa shape index (κ3) is 2.73. The van der Waals surface area contributed by atoms with Gasteiger partial charge in [0.25, 0.3) is 5.56 Å². The molecular formula is C20H22N2O3S. The molecule has 1 saturated heterocycles. The van der Waals surface area contributed by atoms with Crippen LogP contribution in [0.2, 0.25) is 0 Å². The molecule has 0 spiro atoms. The van der Waals surface area contributed by atoms with Gasteiger partial charge < -0.3 is 15.0 Å². The minimum Gasteiger partial charge on any atom is -0.492 e. The molecule has 1 fully saturated rings. The number of hydrogen-bond acceptors (Lipinski definition) is 5. The van der Waals surface area contributed by atoms with E-state index in [1.807, 2.05) is 32.1 Å². The lowest BCUT2D eigenvalue weighted by molar-refractivity contribution is -0.117. The van der Waals surface area contributed by atoms with E-state index in [0.29, 0.717) is 27.9 Å². The summed E-state index contributed by atoms with van der Waals surface area (Å²) in [4.78, 5) is 27.7. The average molecular weight is 370 g/mol. The van der Waals surface area contributed by atoms with E-state index in [4.69, 9.17) is 4.74 Å². The zero-order valence-electron chi connectivity index (χ0n) is 15.4. The molecule has 26 heavy (non-hydrogen) atoms. The molecule has 2 aliphatic rings. The third-order valence-corrected chi connectivity index (χ3v) is 6.18. The second-order valence-corrected chi connectivity index (χ2v) is 9.16. The maximum atomic E-state index is 12.5. The molecule has 0 bridgehead atoms. The number of nitrogens with one attached hydrogen (secondary N) is 2. The Hall–Kier alpha value is -2.18. The zero-order valence-corrected chi connectivity index (χ0v) is 16.2. The van der Waals surface area contributed by atoms with Gasteiger partial charge in [-0.15, -0.1) is 11.3 Å². The summed E-state index contributed by atoms with van der Waals surface area (Å²) in [7, 11) is 0. The molecule has 0 atom stereocenters. The highest BCUT2D eigenvalue weighted by Crippen LogP contribution is 2.38. The lowest BCUT2D eigenvalue weighted by Gasteiger charge is -2.15. The second kappa shape index (κ2) is 5.66. The number of ether oxygens (including phenoxy) is 1. The lowest BCUT2D eigenvalue weighted by atomic mass is 9.86. The largest absolute Gasteiger partial charge is 0.492 e. The molecule has 1 aromatic heterocycles. The summed E-state index contributed by atoms with van der Waals surface area (Å²) in [5, 5.41) is 3.18. The molecule has 0 unspecified atom stereocenters. The Kier molecular flexibility index (Phi) is 3.75. The summed E-state index contributed by atoms with van der Waals surface area (Å²) in [5.41, 5.74) is 2.00. The Balaban J connectivity index is 1.81. The molecule has 2 aliphatic heterocycles. The first-order chi connectivity index (χ1) is 12.2. The van der Waals surface area contributed by atoms with Gasteiger partial charge in [0.1, 0.15) is 10.4 Å². The topological polar surface area (TPSA) is 71.2 Å². The van der Waals surface area contributed by atoms with Crippen molar-refractivity contribution in [3.63, 3.8) is 0 Å². The summed E-state index contributed by atoms with van der Waals surface area (Å²) in [6, 6.07) is 6.00. The van der Waals surface area contributed by atoms with Gasteiger partial charge in [-0.05, 0) is 37.6 Å². The summed E-state index contributed by atoms with van der Waals surface area (Å²) in [6.45, 7) is 9.15. The fourth-order valence-corrected chi connectivity index (χ4v) is 4.38. The number of aromatic nitrogens is 1. The Morgan fingerprint density at radius 3 is 2.65 bits per heavy atom. The van der Waals surface area contributed by atoms with Crippen LogP contribution in [-0.4, -0.2) is 29.5 Å². The minimum absolute atomic E-state index is 0.0322. The van der Waals surface area contributed by atoms with E-state index in [9.17, 15) is 9.59 Å². The van der Waals surface area contributed by atoms with Crippen molar-refractivity contribution in [2.24, 2.45) is 0 Å². The van der Waals surface area contributed by atoms with Crippen molar-refractivity contribution in [1.82, 2.24) is 10.3 Å². The van der Waals surface area contributed by atoms with Crippen LogP contribution in [0.1, 0.15) is 38.8 Å². The molecule has 3 heterocycles. The molecule has 0 aliphatic carbocycles. The minimum atomic E-state index is -0.578. The number of carbonyl (C=O) groups is 1. The van der Waals surface area contributed by atoms with Gasteiger partial charge in [0, 0.05) is 23.1 Å². The molecule has 2 N–H and O–H groups in total. The van der Waals surface area contributed by atoms with Gasteiger partial charge in [-0.25, -0.2) is 0 Å². The molecule has 5 nitrogen and oxygen atoms in total. The van der Waals surface area contributed by atoms with E-state index in [1.54, 1.807) is 0 Å².